The van der Waals surface area contributed by atoms with E-state index >= 15 is 0 Å². The number of benzene rings is 1. The summed E-state index contributed by atoms with van der Waals surface area (Å²) < 4.78 is 6.84. The molecular formula is C22H20N4O3S. The second-order valence-electron chi connectivity index (χ2n) is 6.87. The van der Waals surface area contributed by atoms with Gasteiger partial charge in [0, 0.05) is 6.07 Å². The number of hydrogen-bond donors (Lipinski definition) is 2. The Labute approximate surface area is 177 Å². The summed E-state index contributed by atoms with van der Waals surface area (Å²) >= 11 is 1.21. The number of amides is 2. The zero-order valence-corrected chi connectivity index (χ0v) is 17.3. The molecule has 0 spiro atoms. The quantitative estimate of drug-likeness (QED) is 0.473. The highest BCUT2D eigenvalue weighted by Gasteiger charge is 2.18. The standard InChI is InChI=1S/C22H20N4O3S/c1-14-5-3-6-16(11-14)13-26-18(8-9-23-26)24-22(28)20-15(2)12-19(30-20)25-21(27)17-7-4-10-29-17/h3-12H,13H2,1-2H3,(H,24,28)(H,25,27). The fraction of sp³-hybridized carbons (Fsp3) is 0.136. The number of carbonyl (C=O) groups excluding carboxylic acids is 2. The maximum absolute atomic E-state index is 12.8. The number of nitrogens with one attached hydrogen (secondary N) is 2. The van der Waals surface area contributed by atoms with Gasteiger partial charge in [0.15, 0.2) is 5.76 Å². The third-order valence-corrected chi connectivity index (χ3v) is 5.63. The van der Waals surface area contributed by atoms with Crippen LogP contribution >= 0.6 is 11.3 Å². The van der Waals surface area contributed by atoms with E-state index in [4.69, 9.17) is 4.42 Å². The van der Waals surface area contributed by atoms with Gasteiger partial charge in [0.25, 0.3) is 11.8 Å². The minimum Gasteiger partial charge on any atom is -0.459 e. The van der Waals surface area contributed by atoms with Crippen LogP contribution in [0.4, 0.5) is 10.8 Å². The van der Waals surface area contributed by atoms with Gasteiger partial charge in [0.2, 0.25) is 0 Å². The van der Waals surface area contributed by atoms with Crippen molar-refractivity contribution in [1.29, 1.82) is 0 Å². The Morgan fingerprint density at radius 3 is 2.70 bits per heavy atom. The predicted molar refractivity (Wildman–Crippen MR) is 116 cm³/mol. The zero-order chi connectivity index (χ0) is 21.1. The highest BCUT2D eigenvalue weighted by molar-refractivity contribution is 7.18. The molecule has 4 rings (SSSR count). The first-order valence-electron chi connectivity index (χ1n) is 9.33. The Kier molecular flexibility index (Phi) is 5.49. The zero-order valence-electron chi connectivity index (χ0n) is 16.5. The lowest BCUT2D eigenvalue weighted by Crippen LogP contribution is -2.16. The maximum Gasteiger partial charge on any atom is 0.291 e. The Morgan fingerprint density at radius 1 is 1.07 bits per heavy atom. The van der Waals surface area contributed by atoms with E-state index in [1.165, 1.54) is 23.2 Å². The number of furan rings is 1. The molecule has 0 atom stereocenters. The Hall–Kier alpha value is -3.65. The normalized spacial score (nSPS) is 10.7. The van der Waals surface area contributed by atoms with E-state index in [-0.39, 0.29) is 17.6 Å². The fourth-order valence-electron chi connectivity index (χ4n) is 3.07. The summed E-state index contributed by atoms with van der Waals surface area (Å²) in [5, 5.41) is 10.6. The lowest BCUT2D eigenvalue weighted by Gasteiger charge is -2.09. The van der Waals surface area contributed by atoms with E-state index in [0.717, 1.165) is 11.1 Å². The second kappa shape index (κ2) is 8.38. The van der Waals surface area contributed by atoms with Crippen LogP contribution in [0.15, 0.2) is 65.4 Å². The molecule has 0 saturated heterocycles. The van der Waals surface area contributed by atoms with Crippen LogP contribution in [-0.4, -0.2) is 21.6 Å². The number of anilines is 2. The van der Waals surface area contributed by atoms with Gasteiger partial charge in [0.1, 0.15) is 5.82 Å². The molecule has 0 aliphatic carbocycles. The lowest BCUT2D eigenvalue weighted by atomic mass is 10.1. The number of rotatable bonds is 6. The molecule has 8 heteroatoms. The summed E-state index contributed by atoms with van der Waals surface area (Å²) in [4.78, 5) is 25.5. The van der Waals surface area contributed by atoms with E-state index in [2.05, 4.69) is 21.8 Å². The van der Waals surface area contributed by atoms with E-state index in [1.807, 2.05) is 32.0 Å². The summed E-state index contributed by atoms with van der Waals surface area (Å²) in [6, 6.07) is 14.9. The molecule has 152 valence electrons. The highest BCUT2D eigenvalue weighted by atomic mass is 32.1. The van der Waals surface area contributed by atoms with Crippen LogP contribution in [0.1, 0.15) is 36.9 Å². The maximum atomic E-state index is 12.8. The van der Waals surface area contributed by atoms with Crippen LogP contribution < -0.4 is 10.6 Å². The van der Waals surface area contributed by atoms with Gasteiger partial charge in [-0.2, -0.15) is 5.10 Å². The molecule has 2 N–H and O–H groups in total. The van der Waals surface area contributed by atoms with Gasteiger partial charge in [-0.25, -0.2) is 4.68 Å². The van der Waals surface area contributed by atoms with E-state index in [9.17, 15) is 9.59 Å². The highest BCUT2D eigenvalue weighted by Crippen LogP contribution is 2.28. The van der Waals surface area contributed by atoms with Crippen molar-refractivity contribution in [2.45, 2.75) is 20.4 Å². The Bertz CT molecular complexity index is 1190. The first-order chi connectivity index (χ1) is 14.5. The van der Waals surface area contributed by atoms with Crippen LogP contribution in [0.25, 0.3) is 0 Å². The topological polar surface area (TPSA) is 89.2 Å². The van der Waals surface area contributed by atoms with E-state index in [0.29, 0.717) is 22.2 Å². The van der Waals surface area contributed by atoms with Crippen LogP contribution in [0.2, 0.25) is 0 Å². The Morgan fingerprint density at radius 2 is 1.93 bits per heavy atom. The van der Waals surface area contributed by atoms with Gasteiger partial charge in [0.05, 0.1) is 28.9 Å². The molecule has 0 bridgehead atoms. The summed E-state index contributed by atoms with van der Waals surface area (Å²) in [5.74, 6) is 0.217. The van der Waals surface area contributed by atoms with Gasteiger partial charge < -0.3 is 15.1 Å². The van der Waals surface area contributed by atoms with Crippen molar-refractivity contribution in [2.75, 3.05) is 10.6 Å². The number of aryl methyl sites for hydroxylation is 2. The molecule has 3 heterocycles. The SMILES string of the molecule is Cc1cccc(Cn2nccc2NC(=O)c2sc(NC(=O)c3ccco3)cc2C)c1. The average Bonchev–Trinajstić information content (AvgIpc) is 3.44. The molecule has 1 aromatic carbocycles. The molecule has 0 aliphatic heterocycles. The van der Waals surface area contributed by atoms with Crippen LogP contribution in [0, 0.1) is 13.8 Å². The fourth-order valence-corrected chi connectivity index (χ4v) is 4.03. The molecule has 0 radical (unpaired) electrons. The number of carbonyl (C=O) groups is 2. The first-order valence-corrected chi connectivity index (χ1v) is 10.2. The van der Waals surface area contributed by atoms with Crippen molar-refractivity contribution >= 4 is 34.0 Å². The monoisotopic (exact) mass is 420 g/mol. The molecule has 0 aliphatic rings. The summed E-state index contributed by atoms with van der Waals surface area (Å²) in [6.45, 7) is 4.42. The number of aromatic nitrogens is 2. The van der Waals surface area contributed by atoms with Crippen molar-refractivity contribution < 1.29 is 14.0 Å². The minimum atomic E-state index is -0.357. The molecule has 0 unspecified atom stereocenters. The smallest absolute Gasteiger partial charge is 0.291 e. The lowest BCUT2D eigenvalue weighted by molar-refractivity contribution is 0.0995. The largest absolute Gasteiger partial charge is 0.459 e. The van der Waals surface area contributed by atoms with Gasteiger partial charge in [-0.15, -0.1) is 11.3 Å². The third kappa shape index (κ3) is 4.33. The van der Waals surface area contributed by atoms with Gasteiger partial charge >= 0.3 is 0 Å². The van der Waals surface area contributed by atoms with Crippen LogP contribution in [0.5, 0.6) is 0 Å². The molecule has 7 nitrogen and oxygen atoms in total. The summed E-state index contributed by atoms with van der Waals surface area (Å²) in [6.07, 6.45) is 3.09. The number of nitrogens with zero attached hydrogens (tertiary/aromatic N) is 2. The van der Waals surface area contributed by atoms with Crippen LogP contribution in [0.3, 0.4) is 0 Å². The molecular weight excluding hydrogens is 400 g/mol. The van der Waals surface area contributed by atoms with Gasteiger partial charge in [-0.1, -0.05) is 29.8 Å². The third-order valence-electron chi connectivity index (χ3n) is 4.48. The number of hydrogen-bond acceptors (Lipinski definition) is 5. The average molecular weight is 420 g/mol. The summed E-state index contributed by atoms with van der Waals surface area (Å²) in [7, 11) is 0. The van der Waals surface area contributed by atoms with Gasteiger partial charge in [-0.05, 0) is 43.2 Å². The molecule has 0 saturated carbocycles. The Balaban J connectivity index is 1.47. The predicted octanol–water partition coefficient (Wildman–Crippen LogP) is 4.71. The van der Waals surface area contributed by atoms with Gasteiger partial charge in [-0.3, -0.25) is 9.59 Å². The van der Waals surface area contributed by atoms with Crippen molar-refractivity contribution in [3.63, 3.8) is 0 Å². The summed E-state index contributed by atoms with van der Waals surface area (Å²) in [5.41, 5.74) is 3.05. The number of thiophene rings is 1. The van der Waals surface area contributed by atoms with Crippen molar-refractivity contribution in [3.8, 4) is 0 Å². The van der Waals surface area contributed by atoms with E-state index < -0.39 is 0 Å². The molecule has 30 heavy (non-hydrogen) atoms. The van der Waals surface area contributed by atoms with E-state index in [1.54, 1.807) is 35.1 Å². The minimum absolute atomic E-state index is 0.215. The van der Waals surface area contributed by atoms with Crippen LogP contribution in [-0.2, 0) is 6.54 Å². The van der Waals surface area contributed by atoms with Crippen molar-refractivity contribution in [1.82, 2.24) is 9.78 Å². The molecule has 2 amide bonds. The van der Waals surface area contributed by atoms with Crippen molar-refractivity contribution in [3.05, 3.63) is 88.3 Å². The molecule has 4 aromatic rings. The van der Waals surface area contributed by atoms with Crippen molar-refractivity contribution in [2.24, 2.45) is 0 Å². The first kappa shape index (κ1) is 19.7. The molecule has 0 fully saturated rings. The molecule has 3 aromatic heterocycles. The second-order valence-corrected chi connectivity index (χ2v) is 7.92.